The molecule has 0 heterocycles. The van der Waals surface area contributed by atoms with Crippen LogP contribution in [-0.4, -0.2) is 49.4 Å². The Bertz CT molecular complexity index is 855. The third kappa shape index (κ3) is 6.60. The minimum absolute atomic E-state index is 0.165. The lowest BCUT2D eigenvalue weighted by Gasteiger charge is -2.20. The summed E-state index contributed by atoms with van der Waals surface area (Å²) in [5.41, 5.74) is 1.66. The Morgan fingerprint density at radius 1 is 1.07 bits per heavy atom. The van der Waals surface area contributed by atoms with Gasteiger partial charge in [0.15, 0.2) is 6.61 Å². The smallest absolute Gasteiger partial charge is 0.340 e. The van der Waals surface area contributed by atoms with Gasteiger partial charge in [-0.3, -0.25) is 9.59 Å². The zero-order valence-corrected chi connectivity index (χ0v) is 16.4. The second-order valence-electron chi connectivity index (χ2n) is 6.18. The number of esters is 1. The Morgan fingerprint density at radius 2 is 1.76 bits per heavy atom. The summed E-state index contributed by atoms with van der Waals surface area (Å²) in [5, 5.41) is 5.56. The van der Waals surface area contributed by atoms with Crippen molar-refractivity contribution >= 4 is 23.5 Å². The van der Waals surface area contributed by atoms with E-state index < -0.39 is 18.5 Å². The number of rotatable bonds is 9. The van der Waals surface area contributed by atoms with Crippen molar-refractivity contribution in [3.63, 3.8) is 0 Å². The number of carbonyl (C=O) groups excluding carboxylic acids is 3. The van der Waals surface area contributed by atoms with Gasteiger partial charge in [-0.2, -0.15) is 0 Å². The lowest BCUT2D eigenvalue weighted by molar-refractivity contribution is -0.138. The maximum absolute atomic E-state index is 12.9. The molecule has 0 fully saturated rings. The van der Waals surface area contributed by atoms with Gasteiger partial charge in [-0.15, -0.1) is 0 Å². The number of hydrogen-bond donors (Lipinski definition) is 2. The Balaban J connectivity index is 1.83. The molecule has 0 aromatic heterocycles. The van der Waals surface area contributed by atoms with Crippen LogP contribution in [0, 0.1) is 5.82 Å². The lowest BCUT2D eigenvalue weighted by atomic mass is 10.2. The van der Waals surface area contributed by atoms with Gasteiger partial charge in [-0.05, 0) is 36.8 Å². The quantitative estimate of drug-likeness (QED) is 0.629. The Hall–Kier alpha value is -3.42. The van der Waals surface area contributed by atoms with Crippen LogP contribution in [0.5, 0.6) is 0 Å². The Labute approximate surface area is 168 Å². The summed E-state index contributed by atoms with van der Waals surface area (Å²) in [6.07, 6.45) is 0. The first-order valence-corrected chi connectivity index (χ1v) is 9.17. The van der Waals surface area contributed by atoms with Crippen LogP contribution in [0.2, 0.25) is 0 Å². The van der Waals surface area contributed by atoms with Gasteiger partial charge in [-0.25, -0.2) is 9.18 Å². The Morgan fingerprint density at radius 3 is 2.41 bits per heavy atom. The van der Waals surface area contributed by atoms with E-state index in [2.05, 4.69) is 10.6 Å². The molecule has 0 atom stereocenters. The SMILES string of the molecule is CCN(CC(=O)NCc1ccc(F)cc1)C(=O)COC(=O)c1ccccc1NC. The second kappa shape index (κ2) is 10.8. The molecule has 0 unspecified atom stereocenters. The molecular formula is C21H24FN3O4. The van der Waals surface area contributed by atoms with Crippen LogP contribution in [0.4, 0.5) is 10.1 Å². The molecule has 0 saturated carbocycles. The first kappa shape index (κ1) is 21.9. The van der Waals surface area contributed by atoms with Gasteiger partial charge in [0.1, 0.15) is 5.82 Å². The fraction of sp³-hybridized carbons (Fsp3) is 0.286. The van der Waals surface area contributed by atoms with Crippen LogP contribution < -0.4 is 10.6 Å². The second-order valence-corrected chi connectivity index (χ2v) is 6.18. The molecule has 154 valence electrons. The van der Waals surface area contributed by atoms with Crippen LogP contribution in [0.1, 0.15) is 22.8 Å². The average Bonchev–Trinajstić information content (AvgIpc) is 2.75. The molecule has 0 aliphatic carbocycles. The first-order chi connectivity index (χ1) is 13.9. The monoisotopic (exact) mass is 401 g/mol. The van der Waals surface area contributed by atoms with E-state index in [1.165, 1.54) is 17.0 Å². The highest BCUT2D eigenvalue weighted by Gasteiger charge is 2.19. The minimum Gasteiger partial charge on any atom is -0.452 e. The highest BCUT2D eigenvalue weighted by molar-refractivity contribution is 5.97. The molecule has 8 heteroatoms. The van der Waals surface area contributed by atoms with Crippen LogP contribution in [0.3, 0.4) is 0 Å². The van der Waals surface area contributed by atoms with Crippen molar-refractivity contribution in [2.75, 3.05) is 32.1 Å². The van der Waals surface area contributed by atoms with Crippen molar-refractivity contribution in [3.8, 4) is 0 Å². The predicted octanol–water partition coefficient (Wildman–Crippen LogP) is 2.19. The van der Waals surface area contributed by atoms with E-state index in [-0.39, 0.29) is 31.4 Å². The van der Waals surface area contributed by atoms with Crippen molar-refractivity contribution in [3.05, 3.63) is 65.5 Å². The summed E-state index contributed by atoms with van der Waals surface area (Å²) in [6.45, 7) is 1.61. The van der Waals surface area contributed by atoms with Gasteiger partial charge in [0.25, 0.3) is 5.91 Å². The van der Waals surface area contributed by atoms with E-state index in [1.807, 2.05) is 0 Å². The van der Waals surface area contributed by atoms with Gasteiger partial charge < -0.3 is 20.3 Å². The van der Waals surface area contributed by atoms with Crippen molar-refractivity contribution in [1.82, 2.24) is 10.2 Å². The van der Waals surface area contributed by atoms with E-state index in [4.69, 9.17) is 4.74 Å². The number of benzene rings is 2. The fourth-order valence-corrected chi connectivity index (χ4v) is 2.58. The fourth-order valence-electron chi connectivity index (χ4n) is 2.58. The van der Waals surface area contributed by atoms with Crippen molar-refractivity contribution in [2.24, 2.45) is 0 Å². The minimum atomic E-state index is -0.625. The molecule has 0 aliphatic rings. The molecule has 29 heavy (non-hydrogen) atoms. The average molecular weight is 401 g/mol. The molecule has 0 saturated heterocycles. The third-order valence-electron chi connectivity index (χ3n) is 4.21. The molecule has 2 aromatic rings. The zero-order chi connectivity index (χ0) is 21.2. The largest absolute Gasteiger partial charge is 0.452 e. The number of nitrogens with one attached hydrogen (secondary N) is 2. The van der Waals surface area contributed by atoms with E-state index >= 15 is 0 Å². The third-order valence-corrected chi connectivity index (χ3v) is 4.21. The van der Waals surface area contributed by atoms with Gasteiger partial charge >= 0.3 is 5.97 Å². The van der Waals surface area contributed by atoms with E-state index in [1.54, 1.807) is 50.4 Å². The topological polar surface area (TPSA) is 87.7 Å². The molecular weight excluding hydrogens is 377 g/mol. The van der Waals surface area contributed by atoms with Gasteiger partial charge in [0.2, 0.25) is 5.91 Å². The number of anilines is 1. The molecule has 2 N–H and O–H groups in total. The number of amides is 2. The predicted molar refractivity (Wildman–Crippen MR) is 107 cm³/mol. The van der Waals surface area contributed by atoms with Gasteiger partial charge in [0, 0.05) is 25.8 Å². The normalized spacial score (nSPS) is 10.2. The number of likely N-dealkylation sites (N-methyl/N-ethyl adjacent to an activating group) is 1. The van der Waals surface area contributed by atoms with Crippen LogP contribution in [0.15, 0.2) is 48.5 Å². The summed E-state index contributed by atoms with van der Waals surface area (Å²) in [5.74, 6) is -1.81. The zero-order valence-electron chi connectivity index (χ0n) is 16.4. The molecule has 0 radical (unpaired) electrons. The standard InChI is InChI=1S/C21H24FN3O4/c1-3-25(13-19(26)24-12-15-8-10-16(22)11-9-15)20(27)14-29-21(28)17-6-4-5-7-18(17)23-2/h4-11,23H,3,12-14H2,1-2H3,(H,24,26). The number of para-hydroxylation sites is 1. The first-order valence-electron chi connectivity index (χ1n) is 9.17. The highest BCUT2D eigenvalue weighted by Crippen LogP contribution is 2.15. The number of nitrogens with zero attached hydrogens (tertiary/aromatic N) is 1. The molecule has 0 aliphatic heterocycles. The maximum atomic E-state index is 12.9. The van der Waals surface area contributed by atoms with Crippen LogP contribution in [-0.2, 0) is 20.9 Å². The number of ether oxygens (including phenoxy) is 1. The van der Waals surface area contributed by atoms with Crippen molar-refractivity contribution < 1.29 is 23.5 Å². The molecule has 2 aromatic carbocycles. The van der Waals surface area contributed by atoms with Crippen molar-refractivity contribution in [2.45, 2.75) is 13.5 Å². The van der Waals surface area contributed by atoms with Crippen LogP contribution in [0.25, 0.3) is 0 Å². The number of hydrogen-bond acceptors (Lipinski definition) is 5. The van der Waals surface area contributed by atoms with Crippen LogP contribution >= 0.6 is 0 Å². The molecule has 7 nitrogen and oxygen atoms in total. The number of halogens is 1. The molecule has 0 bridgehead atoms. The summed E-state index contributed by atoms with van der Waals surface area (Å²) in [7, 11) is 1.68. The summed E-state index contributed by atoms with van der Waals surface area (Å²) in [4.78, 5) is 37.9. The molecule has 2 amide bonds. The molecule has 2 rings (SSSR count). The number of carbonyl (C=O) groups is 3. The van der Waals surface area contributed by atoms with Gasteiger partial charge in [0.05, 0.1) is 12.1 Å². The van der Waals surface area contributed by atoms with E-state index in [0.29, 0.717) is 11.3 Å². The van der Waals surface area contributed by atoms with Gasteiger partial charge in [-0.1, -0.05) is 24.3 Å². The summed E-state index contributed by atoms with van der Waals surface area (Å²) < 4.78 is 18.0. The van der Waals surface area contributed by atoms with E-state index in [9.17, 15) is 18.8 Å². The van der Waals surface area contributed by atoms with Crippen molar-refractivity contribution in [1.29, 1.82) is 0 Å². The summed E-state index contributed by atoms with van der Waals surface area (Å²) >= 11 is 0. The Kier molecular flexibility index (Phi) is 8.14. The maximum Gasteiger partial charge on any atom is 0.340 e. The molecule has 0 spiro atoms. The highest BCUT2D eigenvalue weighted by atomic mass is 19.1. The summed E-state index contributed by atoms with van der Waals surface area (Å²) in [6, 6.07) is 12.6. The van der Waals surface area contributed by atoms with E-state index in [0.717, 1.165) is 5.56 Å². The lowest BCUT2D eigenvalue weighted by Crippen LogP contribution is -2.42.